The van der Waals surface area contributed by atoms with Crippen LogP contribution in [0.4, 0.5) is 5.69 Å². The normalized spacial score (nSPS) is 11.1. The molecule has 0 saturated heterocycles. The first-order valence-electron chi connectivity index (χ1n) is 6.71. The topological polar surface area (TPSA) is 90.9 Å². The van der Waals surface area contributed by atoms with E-state index in [2.05, 4.69) is 15.3 Å². The predicted molar refractivity (Wildman–Crippen MR) is 83.1 cm³/mol. The molecule has 2 aromatic heterocycles. The van der Waals surface area contributed by atoms with Crippen LogP contribution in [0.3, 0.4) is 0 Å². The summed E-state index contributed by atoms with van der Waals surface area (Å²) in [7, 11) is 0. The van der Waals surface area contributed by atoms with Crippen LogP contribution in [0.1, 0.15) is 10.4 Å². The van der Waals surface area contributed by atoms with Crippen molar-refractivity contribution in [1.29, 1.82) is 0 Å². The van der Waals surface area contributed by atoms with Crippen molar-refractivity contribution in [2.45, 2.75) is 0 Å². The Kier molecular flexibility index (Phi) is 2.62. The van der Waals surface area contributed by atoms with Crippen molar-refractivity contribution >= 4 is 33.6 Å². The third-order valence-electron chi connectivity index (χ3n) is 3.52. The number of aromatic amines is 2. The summed E-state index contributed by atoms with van der Waals surface area (Å²) in [5, 5.41) is 3.68. The maximum atomic E-state index is 12.4. The number of oxazole rings is 1. The summed E-state index contributed by atoms with van der Waals surface area (Å²) in [6, 6.07) is 12.4. The Morgan fingerprint density at radius 2 is 2.00 bits per heavy atom. The minimum absolute atomic E-state index is 0.213. The van der Waals surface area contributed by atoms with Crippen molar-refractivity contribution in [2.24, 2.45) is 0 Å². The average molecular weight is 293 g/mol. The smallest absolute Gasteiger partial charge is 0.408 e. The lowest BCUT2D eigenvalue weighted by molar-refractivity contribution is 0.102. The molecule has 1 amide bonds. The van der Waals surface area contributed by atoms with Gasteiger partial charge in [0.05, 0.1) is 5.52 Å². The van der Waals surface area contributed by atoms with E-state index in [1.165, 1.54) is 0 Å². The van der Waals surface area contributed by atoms with Crippen LogP contribution in [-0.2, 0) is 0 Å². The summed E-state index contributed by atoms with van der Waals surface area (Å²) in [4.78, 5) is 29.2. The number of carbonyl (C=O) groups is 1. The summed E-state index contributed by atoms with van der Waals surface area (Å²) in [5.41, 5.74) is 3.07. The molecule has 0 saturated carbocycles. The molecule has 0 bridgehead atoms. The summed E-state index contributed by atoms with van der Waals surface area (Å²) in [6.45, 7) is 0. The fraction of sp³-hybridized carbons (Fsp3) is 0. The molecule has 2 heterocycles. The van der Waals surface area contributed by atoms with Gasteiger partial charge in [-0.1, -0.05) is 6.07 Å². The van der Waals surface area contributed by atoms with Crippen molar-refractivity contribution in [3.05, 3.63) is 64.8 Å². The van der Waals surface area contributed by atoms with E-state index in [1.807, 2.05) is 18.2 Å². The van der Waals surface area contributed by atoms with Crippen molar-refractivity contribution in [3.63, 3.8) is 0 Å². The van der Waals surface area contributed by atoms with Crippen molar-refractivity contribution < 1.29 is 9.21 Å². The fourth-order valence-electron chi connectivity index (χ4n) is 2.51. The number of hydrogen-bond donors (Lipinski definition) is 3. The van der Waals surface area contributed by atoms with Crippen LogP contribution in [0.15, 0.2) is 57.9 Å². The molecule has 4 rings (SSSR count). The Labute approximate surface area is 123 Å². The number of nitrogens with one attached hydrogen (secondary N) is 3. The Morgan fingerprint density at radius 3 is 2.91 bits per heavy atom. The van der Waals surface area contributed by atoms with Crippen LogP contribution in [0, 0.1) is 0 Å². The number of benzene rings is 2. The molecule has 2 aromatic carbocycles. The van der Waals surface area contributed by atoms with Gasteiger partial charge in [0.2, 0.25) is 0 Å². The van der Waals surface area contributed by atoms with E-state index < -0.39 is 5.76 Å². The van der Waals surface area contributed by atoms with E-state index in [-0.39, 0.29) is 5.91 Å². The molecule has 22 heavy (non-hydrogen) atoms. The molecule has 3 N–H and O–H groups in total. The van der Waals surface area contributed by atoms with Gasteiger partial charge in [-0.15, -0.1) is 0 Å². The molecule has 4 aromatic rings. The zero-order chi connectivity index (χ0) is 15.1. The van der Waals surface area contributed by atoms with Gasteiger partial charge < -0.3 is 14.7 Å². The molecule has 6 heteroatoms. The van der Waals surface area contributed by atoms with Crippen molar-refractivity contribution in [3.8, 4) is 0 Å². The molecule has 0 radical (unpaired) electrons. The van der Waals surface area contributed by atoms with Gasteiger partial charge in [0, 0.05) is 28.4 Å². The SMILES string of the molecule is O=C(Nc1ccc2oc(=O)[nH]c2c1)c1cccc2[nH]ccc12. The van der Waals surface area contributed by atoms with Crippen LogP contribution in [0.25, 0.3) is 22.0 Å². The Balaban J connectivity index is 1.70. The van der Waals surface area contributed by atoms with Gasteiger partial charge in [-0.3, -0.25) is 9.78 Å². The van der Waals surface area contributed by atoms with E-state index in [1.54, 1.807) is 30.5 Å². The van der Waals surface area contributed by atoms with Gasteiger partial charge in [-0.05, 0) is 36.4 Å². The first kappa shape index (κ1) is 12.5. The molecular weight excluding hydrogens is 282 g/mol. The highest BCUT2D eigenvalue weighted by Gasteiger charge is 2.11. The predicted octanol–water partition coefficient (Wildman–Crippen LogP) is 2.85. The highest BCUT2D eigenvalue weighted by Crippen LogP contribution is 2.20. The number of amides is 1. The van der Waals surface area contributed by atoms with E-state index in [4.69, 9.17) is 4.42 Å². The van der Waals surface area contributed by atoms with Crippen molar-refractivity contribution in [2.75, 3.05) is 5.32 Å². The number of H-pyrrole nitrogens is 2. The van der Waals surface area contributed by atoms with Crippen LogP contribution in [-0.4, -0.2) is 15.9 Å². The Hall–Kier alpha value is -3.28. The number of carbonyl (C=O) groups excluding carboxylic acids is 1. The molecule has 0 fully saturated rings. The zero-order valence-corrected chi connectivity index (χ0v) is 11.3. The molecule has 0 aliphatic carbocycles. The number of anilines is 1. The van der Waals surface area contributed by atoms with Crippen LogP contribution >= 0.6 is 0 Å². The summed E-state index contributed by atoms with van der Waals surface area (Å²) in [5.74, 6) is -0.731. The lowest BCUT2D eigenvalue weighted by Gasteiger charge is -2.06. The second-order valence-electron chi connectivity index (χ2n) is 4.92. The molecule has 0 aliphatic rings. The van der Waals surface area contributed by atoms with Gasteiger partial charge in [0.15, 0.2) is 5.58 Å². The van der Waals surface area contributed by atoms with Gasteiger partial charge in [-0.25, -0.2) is 4.79 Å². The van der Waals surface area contributed by atoms with E-state index in [0.717, 1.165) is 10.9 Å². The highest BCUT2D eigenvalue weighted by molar-refractivity contribution is 6.12. The minimum atomic E-state index is -0.518. The minimum Gasteiger partial charge on any atom is -0.408 e. The van der Waals surface area contributed by atoms with E-state index in [0.29, 0.717) is 22.4 Å². The third-order valence-corrected chi connectivity index (χ3v) is 3.52. The molecule has 108 valence electrons. The summed E-state index contributed by atoms with van der Waals surface area (Å²) >= 11 is 0. The van der Waals surface area contributed by atoms with Gasteiger partial charge in [-0.2, -0.15) is 0 Å². The molecule has 0 spiro atoms. The summed E-state index contributed by atoms with van der Waals surface area (Å²) < 4.78 is 4.93. The van der Waals surface area contributed by atoms with Gasteiger partial charge in [0.1, 0.15) is 0 Å². The first-order valence-corrected chi connectivity index (χ1v) is 6.71. The van der Waals surface area contributed by atoms with E-state index in [9.17, 15) is 9.59 Å². The lowest BCUT2D eigenvalue weighted by atomic mass is 10.1. The van der Waals surface area contributed by atoms with Gasteiger partial charge in [0.25, 0.3) is 5.91 Å². The quantitative estimate of drug-likeness (QED) is 0.530. The average Bonchev–Trinajstić information content (AvgIpc) is 3.11. The molecule has 6 nitrogen and oxygen atoms in total. The Bertz CT molecular complexity index is 1060. The lowest BCUT2D eigenvalue weighted by Crippen LogP contribution is -2.12. The first-order chi connectivity index (χ1) is 10.7. The molecule has 0 aliphatic heterocycles. The van der Waals surface area contributed by atoms with Crippen LogP contribution in [0.2, 0.25) is 0 Å². The molecule has 0 unspecified atom stereocenters. The Morgan fingerprint density at radius 1 is 1.09 bits per heavy atom. The highest BCUT2D eigenvalue weighted by atomic mass is 16.4. The van der Waals surface area contributed by atoms with Crippen LogP contribution < -0.4 is 11.1 Å². The van der Waals surface area contributed by atoms with Gasteiger partial charge >= 0.3 is 5.76 Å². The van der Waals surface area contributed by atoms with Crippen molar-refractivity contribution in [1.82, 2.24) is 9.97 Å². The standard InChI is InChI=1S/C16H11N3O3/c20-15(11-2-1-3-12-10(11)6-7-17-12)18-9-4-5-14-13(8-9)19-16(21)22-14/h1-8,17H,(H,18,20)(H,19,21). The number of hydrogen-bond acceptors (Lipinski definition) is 3. The monoisotopic (exact) mass is 293 g/mol. The second kappa shape index (κ2) is 4.63. The van der Waals surface area contributed by atoms with Crippen LogP contribution in [0.5, 0.6) is 0 Å². The summed E-state index contributed by atoms with van der Waals surface area (Å²) in [6.07, 6.45) is 1.80. The second-order valence-corrected chi connectivity index (χ2v) is 4.92. The number of rotatable bonds is 2. The van der Waals surface area contributed by atoms with E-state index >= 15 is 0 Å². The zero-order valence-electron chi connectivity index (χ0n) is 11.3. The largest absolute Gasteiger partial charge is 0.417 e. The number of fused-ring (bicyclic) bond motifs is 2. The molecule has 0 atom stereocenters. The number of aromatic nitrogens is 2. The third kappa shape index (κ3) is 1.98. The maximum absolute atomic E-state index is 12.4. The maximum Gasteiger partial charge on any atom is 0.417 e. The fourth-order valence-corrected chi connectivity index (χ4v) is 2.51. The molecular formula is C16H11N3O3.